The molecule has 1 atom stereocenters. The molecule has 2 rings (SSSR count). The quantitative estimate of drug-likeness (QED) is 0.765. The Hall–Kier alpha value is -0.160. The fourth-order valence-electron chi connectivity index (χ4n) is 3.66. The molecule has 19 heavy (non-hydrogen) atoms. The molecule has 1 heterocycles. The molecule has 0 spiro atoms. The van der Waals surface area contributed by atoms with Gasteiger partial charge in [-0.2, -0.15) is 0 Å². The maximum absolute atomic E-state index is 9.35. The molecule has 0 radical (unpaired) electrons. The Labute approximate surface area is 117 Å². The lowest BCUT2D eigenvalue weighted by molar-refractivity contribution is -0.0341. The zero-order chi connectivity index (χ0) is 13.6. The van der Waals surface area contributed by atoms with Crippen LogP contribution in [-0.4, -0.2) is 55.5 Å². The Kier molecular flexibility index (Phi) is 6.07. The van der Waals surface area contributed by atoms with E-state index in [1.54, 1.807) is 0 Å². The van der Waals surface area contributed by atoms with Crippen molar-refractivity contribution in [2.45, 2.75) is 51.0 Å². The van der Waals surface area contributed by atoms with E-state index >= 15 is 0 Å². The first-order valence-electron chi connectivity index (χ1n) is 7.92. The molecule has 1 unspecified atom stereocenters. The van der Waals surface area contributed by atoms with Crippen molar-refractivity contribution >= 4 is 0 Å². The molecule has 0 bridgehead atoms. The Morgan fingerprint density at radius 1 is 1.21 bits per heavy atom. The monoisotopic (exact) mass is 270 g/mol. The summed E-state index contributed by atoms with van der Waals surface area (Å²) in [5.74, 6) is 0. The van der Waals surface area contributed by atoms with Gasteiger partial charge in [-0.3, -0.25) is 4.90 Å². The highest BCUT2D eigenvalue weighted by Crippen LogP contribution is 2.31. The third-order valence-corrected chi connectivity index (χ3v) is 4.85. The van der Waals surface area contributed by atoms with Crippen LogP contribution >= 0.6 is 0 Å². The highest BCUT2D eigenvalue weighted by molar-refractivity contribution is 4.88. The molecule has 1 saturated heterocycles. The number of aliphatic hydroxyl groups excluding tert-OH is 1. The third kappa shape index (κ3) is 4.15. The maximum Gasteiger partial charge on any atom is 0.0558 e. The molecule has 0 aromatic carbocycles. The lowest BCUT2D eigenvalue weighted by atomic mass is 9.81. The second-order valence-corrected chi connectivity index (χ2v) is 6.35. The summed E-state index contributed by atoms with van der Waals surface area (Å²) >= 11 is 0. The molecule has 2 aliphatic rings. The molecule has 2 fully saturated rings. The molecular weight excluding hydrogens is 240 g/mol. The van der Waals surface area contributed by atoms with Crippen LogP contribution in [0, 0.1) is 5.41 Å². The van der Waals surface area contributed by atoms with Crippen LogP contribution in [0.25, 0.3) is 0 Å². The summed E-state index contributed by atoms with van der Waals surface area (Å²) in [5, 5.41) is 9.35. The number of hydrogen-bond donors (Lipinski definition) is 2. The van der Waals surface area contributed by atoms with Crippen LogP contribution in [0.2, 0.25) is 0 Å². The topological polar surface area (TPSA) is 58.7 Å². The molecule has 0 aromatic heterocycles. The normalized spacial score (nSPS) is 29.8. The Morgan fingerprint density at radius 2 is 2.00 bits per heavy atom. The standard InChI is InChI=1S/C15H30N2O2/c16-11-15(7-4-10-19-13-15)12-17(8-9-18)14-5-2-1-3-6-14/h14,18H,1-13,16H2. The van der Waals surface area contributed by atoms with Crippen molar-refractivity contribution < 1.29 is 9.84 Å². The third-order valence-electron chi connectivity index (χ3n) is 4.85. The number of ether oxygens (including phenoxy) is 1. The van der Waals surface area contributed by atoms with E-state index in [4.69, 9.17) is 10.5 Å². The molecule has 1 aliphatic carbocycles. The summed E-state index contributed by atoms with van der Waals surface area (Å²) < 4.78 is 5.67. The lowest BCUT2D eigenvalue weighted by Gasteiger charge is -2.43. The van der Waals surface area contributed by atoms with E-state index in [0.29, 0.717) is 12.6 Å². The van der Waals surface area contributed by atoms with Gasteiger partial charge in [0.1, 0.15) is 0 Å². The molecule has 1 aliphatic heterocycles. The number of rotatable bonds is 6. The Balaban J connectivity index is 1.96. The van der Waals surface area contributed by atoms with Crippen LogP contribution in [0.4, 0.5) is 0 Å². The summed E-state index contributed by atoms with van der Waals surface area (Å²) in [7, 11) is 0. The molecule has 1 saturated carbocycles. The first-order chi connectivity index (χ1) is 9.29. The molecule has 0 amide bonds. The summed E-state index contributed by atoms with van der Waals surface area (Å²) in [6.07, 6.45) is 8.88. The van der Waals surface area contributed by atoms with Crippen LogP contribution in [0.5, 0.6) is 0 Å². The van der Waals surface area contributed by atoms with E-state index < -0.39 is 0 Å². The van der Waals surface area contributed by atoms with E-state index in [2.05, 4.69) is 4.90 Å². The lowest BCUT2D eigenvalue weighted by Crippen LogP contribution is -2.51. The molecule has 0 aromatic rings. The van der Waals surface area contributed by atoms with Crippen molar-refractivity contribution in [3.63, 3.8) is 0 Å². The summed E-state index contributed by atoms with van der Waals surface area (Å²) in [6.45, 7) is 4.39. The molecule has 4 nitrogen and oxygen atoms in total. The Bertz CT molecular complexity index is 249. The van der Waals surface area contributed by atoms with Crippen LogP contribution in [-0.2, 0) is 4.74 Å². The second kappa shape index (κ2) is 7.58. The van der Waals surface area contributed by atoms with Crippen molar-refractivity contribution in [2.75, 3.05) is 39.5 Å². The van der Waals surface area contributed by atoms with Gasteiger partial charge in [-0.05, 0) is 25.7 Å². The highest BCUT2D eigenvalue weighted by Gasteiger charge is 2.35. The van der Waals surface area contributed by atoms with Gasteiger partial charge in [0.2, 0.25) is 0 Å². The van der Waals surface area contributed by atoms with Crippen LogP contribution in [0.15, 0.2) is 0 Å². The largest absolute Gasteiger partial charge is 0.395 e. The molecular formula is C15H30N2O2. The van der Waals surface area contributed by atoms with Gasteiger partial charge in [0, 0.05) is 37.7 Å². The summed E-state index contributed by atoms with van der Waals surface area (Å²) in [4.78, 5) is 2.49. The SMILES string of the molecule is NCC1(CN(CCO)C2CCCCC2)CCCOC1. The van der Waals surface area contributed by atoms with Crippen molar-refractivity contribution in [1.82, 2.24) is 4.90 Å². The minimum absolute atomic E-state index is 0.116. The van der Waals surface area contributed by atoms with Crippen molar-refractivity contribution in [3.05, 3.63) is 0 Å². The second-order valence-electron chi connectivity index (χ2n) is 6.35. The van der Waals surface area contributed by atoms with Gasteiger partial charge >= 0.3 is 0 Å². The fraction of sp³-hybridized carbons (Fsp3) is 1.00. The predicted octanol–water partition coefficient (Wildman–Crippen LogP) is 1.37. The first kappa shape index (κ1) is 15.2. The maximum atomic E-state index is 9.35. The van der Waals surface area contributed by atoms with E-state index in [-0.39, 0.29) is 12.0 Å². The van der Waals surface area contributed by atoms with Gasteiger partial charge in [-0.15, -0.1) is 0 Å². The number of nitrogens with zero attached hydrogens (tertiary/aromatic N) is 1. The van der Waals surface area contributed by atoms with E-state index in [1.807, 2.05) is 0 Å². The van der Waals surface area contributed by atoms with Gasteiger partial charge in [-0.25, -0.2) is 0 Å². The van der Waals surface area contributed by atoms with Crippen molar-refractivity contribution in [1.29, 1.82) is 0 Å². The number of nitrogens with two attached hydrogens (primary N) is 1. The van der Waals surface area contributed by atoms with E-state index in [1.165, 1.54) is 32.1 Å². The minimum Gasteiger partial charge on any atom is -0.395 e. The number of aliphatic hydroxyl groups is 1. The van der Waals surface area contributed by atoms with Gasteiger partial charge in [-0.1, -0.05) is 19.3 Å². The zero-order valence-electron chi connectivity index (χ0n) is 12.1. The summed E-state index contributed by atoms with van der Waals surface area (Å²) in [5.41, 5.74) is 6.16. The average molecular weight is 270 g/mol. The van der Waals surface area contributed by atoms with Gasteiger partial charge in [0.05, 0.1) is 13.2 Å². The van der Waals surface area contributed by atoms with Crippen LogP contribution in [0.3, 0.4) is 0 Å². The van der Waals surface area contributed by atoms with E-state index in [9.17, 15) is 5.11 Å². The first-order valence-corrected chi connectivity index (χ1v) is 7.92. The molecule has 3 N–H and O–H groups in total. The van der Waals surface area contributed by atoms with E-state index in [0.717, 1.165) is 39.1 Å². The van der Waals surface area contributed by atoms with Crippen molar-refractivity contribution in [2.24, 2.45) is 11.1 Å². The van der Waals surface area contributed by atoms with Crippen LogP contribution in [0.1, 0.15) is 44.9 Å². The average Bonchev–Trinajstić information content (AvgIpc) is 2.49. The number of hydrogen-bond acceptors (Lipinski definition) is 4. The Morgan fingerprint density at radius 3 is 2.58 bits per heavy atom. The molecule has 4 heteroatoms. The molecule has 112 valence electrons. The van der Waals surface area contributed by atoms with Gasteiger partial charge in [0.15, 0.2) is 0 Å². The smallest absolute Gasteiger partial charge is 0.0558 e. The van der Waals surface area contributed by atoms with Gasteiger partial charge < -0.3 is 15.6 Å². The van der Waals surface area contributed by atoms with Gasteiger partial charge in [0.25, 0.3) is 0 Å². The summed E-state index contributed by atoms with van der Waals surface area (Å²) in [6, 6.07) is 0.645. The fourth-order valence-corrected chi connectivity index (χ4v) is 3.66. The minimum atomic E-state index is 0.116. The highest BCUT2D eigenvalue weighted by atomic mass is 16.5. The van der Waals surface area contributed by atoms with Crippen molar-refractivity contribution in [3.8, 4) is 0 Å². The predicted molar refractivity (Wildman–Crippen MR) is 77.1 cm³/mol. The zero-order valence-corrected chi connectivity index (χ0v) is 12.1. The van der Waals surface area contributed by atoms with Crippen LogP contribution < -0.4 is 5.73 Å².